The summed E-state index contributed by atoms with van der Waals surface area (Å²) < 4.78 is 0. The zero-order valence-corrected chi connectivity index (χ0v) is 11.1. The molecule has 17 heavy (non-hydrogen) atoms. The van der Waals surface area contributed by atoms with Crippen LogP contribution in [0.1, 0.15) is 46.0 Å². The average molecular weight is 242 g/mol. The van der Waals surface area contributed by atoms with Crippen LogP contribution in [-0.2, 0) is 4.79 Å². The van der Waals surface area contributed by atoms with Crippen LogP contribution in [0.4, 0.5) is 0 Å². The monoisotopic (exact) mass is 242 g/mol. The van der Waals surface area contributed by atoms with Crippen LogP contribution in [0.25, 0.3) is 0 Å². The van der Waals surface area contributed by atoms with Crippen molar-refractivity contribution in [3.05, 3.63) is 0 Å². The number of aliphatic hydroxyl groups excluding tert-OH is 1. The van der Waals surface area contributed by atoms with Crippen LogP contribution in [0.3, 0.4) is 0 Å². The molecule has 4 heteroatoms. The van der Waals surface area contributed by atoms with Gasteiger partial charge in [0.1, 0.15) is 0 Å². The molecule has 100 valence electrons. The number of rotatable bonds is 7. The molecule has 0 aromatic heterocycles. The highest BCUT2D eigenvalue weighted by Gasteiger charge is 2.40. The molecule has 0 saturated carbocycles. The van der Waals surface area contributed by atoms with E-state index in [0.29, 0.717) is 6.42 Å². The molecule has 1 saturated heterocycles. The van der Waals surface area contributed by atoms with Gasteiger partial charge in [0.15, 0.2) is 0 Å². The zero-order valence-electron chi connectivity index (χ0n) is 11.1. The lowest BCUT2D eigenvalue weighted by molar-refractivity contribution is -0.131. The van der Waals surface area contributed by atoms with E-state index in [0.717, 1.165) is 38.8 Å². The van der Waals surface area contributed by atoms with Gasteiger partial charge in [-0.1, -0.05) is 20.3 Å². The minimum absolute atomic E-state index is 0.113. The number of amides is 1. The number of carbonyl (C=O) groups excluding carboxylic acids is 1. The topological polar surface area (TPSA) is 61.4 Å². The lowest BCUT2D eigenvalue weighted by atomic mass is 9.81. The third kappa shape index (κ3) is 3.68. The van der Waals surface area contributed by atoms with Crippen LogP contribution >= 0.6 is 0 Å². The van der Waals surface area contributed by atoms with Gasteiger partial charge in [0.05, 0.1) is 5.41 Å². The summed E-state index contributed by atoms with van der Waals surface area (Å²) in [4.78, 5) is 12.4. The molecule has 0 bridgehead atoms. The van der Waals surface area contributed by atoms with E-state index in [4.69, 9.17) is 5.11 Å². The molecule has 4 nitrogen and oxygen atoms in total. The summed E-state index contributed by atoms with van der Waals surface area (Å²) >= 11 is 0. The smallest absolute Gasteiger partial charge is 0.227 e. The van der Waals surface area contributed by atoms with E-state index in [1.165, 1.54) is 0 Å². The molecule has 1 heterocycles. The first-order chi connectivity index (χ1) is 8.18. The van der Waals surface area contributed by atoms with Gasteiger partial charge in [-0.2, -0.15) is 0 Å². The van der Waals surface area contributed by atoms with Crippen LogP contribution in [0.2, 0.25) is 0 Å². The van der Waals surface area contributed by atoms with Crippen LogP contribution in [0, 0.1) is 5.41 Å². The standard InChI is InChI=1S/C13H26N2O2/c1-3-6-13(7-8-14-10-13)12(17)15-11(4-2)5-9-16/h11,14,16H,3-10H2,1-2H3,(H,15,17). The van der Waals surface area contributed by atoms with Crippen LogP contribution in [-0.4, -0.2) is 36.8 Å². The van der Waals surface area contributed by atoms with Crippen molar-refractivity contribution in [2.75, 3.05) is 19.7 Å². The number of hydrogen-bond donors (Lipinski definition) is 3. The van der Waals surface area contributed by atoms with Crippen LogP contribution in [0.5, 0.6) is 0 Å². The Morgan fingerprint density at radius 3 is 2.76 bits per heavy atom. The van der Waals surface area contributed by atoms with Gasteiger partial charge in [-0.15, -0.1) is 0 Å². The van der Waals surface area contributed by atoms with Crippen LogP contribution < -0.4 is 10.6 Å². The molecule has 0 spiro atoms. The average Bonchev–Trinajstić information content (AvgIpc) is 2.78. The highest BCUT2D eigenvalue weighted by Crippen LogP contribution is 2.31. The fraction of sp³-hybridized carbons (Fsp3) is 0.923. The largest absolute Gasteiger partial charge is 0.396 e. The number of aliphatic hydroxyl groups is 1. The Kier molecular flexibility index (Phi) is 5.92. The summed E-state index contributed by atoms with van der Waals surface area (Å²) in [5.41, 5.74) is -0.211. The quantitative estimate of drug-likeness (QED) is 0.625. The summed E-state index contributed by atoms with van der Waals surface area (Å²) in [6.45, 7) is 6.03. The van der Waals surface area contributed by atoms with Crippen molar-refractivity contribution in [1.29, 1.82) is 0 Å². The molecule has 0 aliphatic carbocycles. The van der Waals surface area contributed by atoms with Crippen molar-refractivity contribution in [1.82, 2.24) is 10.6 Å². The fourth-order valence-electron chi connectivity index (χ4n) is 2.62. The molecule has 1 rings (SSSR count). The van der Waals surface area contributed by atoms with Gasteiger partial charge >= 0.3 is 0 Å². The SMILES string of the molecule is CCCC1(C(=O)NC(CC)CCO)CCNC1. The molecule has 2 atom stereocenters. The second kappa shape index (κ2) is 6.97. The Labute approximate surface area is 104 Å². The molecule has 0 radical (unpaired) electrons. The van der Waals surface area contributed by atoms with Gasteiger partial charge < -0.3 is 15.7 Å². The van der Waals surface area contributed by atoms with Crippen LogP contribution in [0.15, 0.2) is 0 Å². The van der Waals surface area contributed by atoms with Crippen molar-refractivity contribution in [3.63, 3.8) is 0 Å². The Morgan fingerprint density at radius 2 is 2.29 bits per heavy atom. The molecule has 1 aliphatic heterocycles. The summed E-state index contributed by atoms with van der Waals surface area (Å²) in [5, 5.41) is 15.3. The van der Waals surface area contributed by atoms with Gasteiger partial charge in [-0.05, 0) is 32.2 Å². The first kappa shape index (κ1) is 14.5. The van der Waals surface area contributed by atoms with Crippen molar-refractivity contribution in [2.24, 2.45) is 5.41 Å². The van der Waals surface area contributed by atoms with Gasteiger partial charge in [0.25, 0.3) is 0 Å². The molecular formula is C13H26N2O2. The molecule has 0 aromatic rings. The summed E-state index contributed by atoms with van der Waals surface area (Å²) in [6.07, 6.45) is 4.44. The number of carbonyl (C=O) groups is 1. The first-order valence-corrected chi connectivity index (χ1v) is 6.81. The third-order valence-electron chi connectivity index (χ3n) is 3.76. The van der Waals surface area contributed by atoms with E-state index in [9.17, 15) is 4.79 Å². The molecule has 3 N–H and O–H groups in total. The van der Waals surface area contributed by atoms with Gasteiger partial charge in [-0.25, -0.2) is 0 Å². The van der Waals surface area contributed by atoms with E-state index < -0.39 is 0 Å². The molecule has 1 aliphatic rings. The Morgan fingerprint density at radius 1 is 1.53 bits per heavy atom. The normalized spacial score (nSPS) is 25.8. The first-order valence-electron chi connectivity index (χ1n) is 6.81. The Balaban J connectivity index is 2.58. The second-order valence-electron chi connectivity index (χ2n) is 5.05. The summed E-state index contributed by atoms with van der Waals surface area (Å²) in [5.74, 6) is 0.171. The third-order valence-corrected chi connectivity index (χ3v) is 3.76. The summed E-state index contributed by atoms with van der Waals surface area (Å²) in [7, 11) is 0. The van der Waals surface area contributed by atoms with E-state index in [1.807, 2.05) is 6.92 Å². The fourth-order valence-corrected chi connectivity index (χ4v) is 2.62. The molecular weight excluding hydrogens is 216 g/mol. The van der Waals surface area contributed by atoms with E-state index >= 15 is 0 Å². The highest BCUT2D eigenvalue weighted by molar-refractivity contribution is 5.83. The van der Waals surface area contributed by atoms with Gasteiger partial charge in [0, 0.05) is 19.2 Å². The number of nitrogens with one attached hydrogen (secondary N) is 2. The maximum atomic E-state index is 12.4. The lowest BCUT2D eigenvalue weighted by Crippen LogP contribution is -2.46. The van der Waals surface area contributed by atoms with E-state index in [1.54, 1.807) is 0 Å². The predicted octanol–water partition coefficient (Wildman–Crippen LogP) is 1.04. The van der Waals surface area contributed by atoms with Crippen molar-refractivity contribution < 1.29 is 9.90 Å². The maximum Gasteiger partial charge on any atom is 0.227 e. The number of hydrogen-bond acceptors (Lipinski definition) is 3. The van der Waals surface area contributed by atoms with E-state index in [2.05, 4.69) is 17.6 Å². The Hall–Kier alpha value is -0.610. The second-order valence-corrected chi connectivity index (χ2v) is 5.05. The molecule has 2 unspecified atom stereocenters. The molecule has 0 aromatic carbocycles. The lowest BCUT2D eigenvalue weighted by Gasteiger charge is -2.29. The van der Waals surface area contributed by atoms with Gasteiger partial charge in [0.2, 0.25) is 5.91 Å². The van der Waals surface area contributed by atoms with Crippen molar-refractivity contribution in [2.45, 2.75) is 52.0 Å². The van der Waals surface area contributed by atoms with E-state index in [-0.39, 0.29) is 24.0 Å². The van der Waals surface area contributed by atoms with Crippen molar-refractivity contribution in [3.8, 4) is 0 Å². The minimum Gasteiger partial charge on any atom is -0.396 e. The summed E-state index contributed by atoms with van der Waals surface area (Å²) in [6, 6.07) is 0.113. The Bertz CT molecular complexity index is 238. The molecule has 1 amide bonds. The van der Waals surface area contributed by atoms with Crippen molar-refractivity contribution >= 4 is 5.91 Å². The minimum atomic E-state index is -0.211. The maximum absolute atomic E-state index is 12.4. The predicted molar refractivity (Wildman–Crippen MR) is 68.8 cm³/mol. The van der Waals surface area contributed by atoms with Gasteiger partial charge in [-0.3, -0.25) is 4.79 Å². The highest BCUT2D eigenvalue weighted by atomic mass is 16.3. The zero-order chi connectivity index (χ0) is 12.7. The molecule has 1 fully saturated rings.